The zero-order valence-corrected chi connectivity index (χ0v) is 16.9. The molecule has 3 rings (SSSR count). The quantitative estimate of drug-likeness (QED) is 0.792. The number of amides is 1. The minimum atomic E-state index is -3.98. The Morgan fingerprint density at radius 1 is 1.22 bits per heavy atom. The van der Waals surface area contributed by atoms with Gasteiger partial charge in [0.25, 0.3) is 5.91 Å². The van der Waals surface area contributed by atoms with Crippen LogP contribution in [0.3, 0.4) is 0 Å². The van der Waals surface area contributed by atoms with Crippen molar-refractivity contribution in [3.05, 3.63) is 41.6 Å². The lowest BCUT2D eigenvalue weighted by Gasteiger charge is -2.40. The molecule has 2 aliphatic rings. The van der Waals surface area contributed by atoms with E-state index in [4.69, 9.17) is 4.74 Å². The summed E-state index contributed by atoms with van der Waals surface area (Å²) in [6, 6.07) is 7.10. The van der Waals surface area contributed by atoms with Crippen LogP contribution in [0.4, 0.5) is 0 Å². The predicted molar refractivity (Wildman–Crippen MR) is 104 cm³/mol. The molecule has 1 aromatic carbocycles. The van der Waals surface area contributed by atoms with E-state index >= 15 is 0 Å². The summed E-state index contributed by atoms with van der Waals surface area (Å²) in [5.74, 6) is 0.308. The first-order chi connectivity index (χ1) is 12.7. The molecule has 7 nitrogen and oxygen atoms in total. The van der Waals surface area contributed by atoms with Crippen LogP contribution in [0.25, 0.3) is 0 Å². The number of rotatable bonds is 3. The van der Waals surface area contributed by atoms with Crippen LogP contribution in [0.5, 0.6) is 5.75 Å². The average molecular weight is 391 g/mol. The monoisotopic (exact) mass is 391 g/mol. The van der Waals surface area contributed by atoms with E-state index in [1.54, 1.807) is 35.2 Å². The molecule has 1 saturated heterocycles. The molecule has 0 aliphatic carbocycles. The zero-order valence-electron chi connectivity index (χ0n) is 16.0. The summed E-state index contributed by atoms with van der Waals surface area (Å²) >= 11 is 0. The lowest BCUT2D eigenvalue weighted by atomic mass is 9.97. The van der Waals surface area contributed by atoms with Gasteiger partial charge < -0.3 is 9.64 Å². The number of ether oxygens (including phenoxy) is 1. The molecule has 0 aromatic heterocycles. The largest absolute Gasteiger partial charge is 0.497 e. The van der Waals surface area contributed by atoms with Crippen LogP contribution in [-0.2, 0) is 15.0 Å². The normalized spacial score (nSPS) is 24.9. The minimum absolute atomic E-state index is 0.0670. The Morgan fingerprint density at radius 2 is 1.89 bits per heavy atom. The van der Waals surface area contributed by atoms with Gasteiger partial charge in [0.2, 0.25) is 0 Å². The number of methoxy groups -OCH3 is 1. The summed E-state index contributed by atoms with van der Waals surface area (Å²) in [6.45, 7) is 4.00. The van der Waals surface area contributed by atoms with Crippen LogP contribution in [0.2, 0.25) is 0 Å². The van der Waals surface area contributed by atoms with Crippen molar-refractivity contribution in [3.8, 4) is 5.75 Å². The number of hydrogen-bond donors (Lipinski definition) is 0. The van der Waals surface area contributed by atoms with Gasteiger partial charge in [-0.05, 0) is 51.3 Å². The number of carbonyl (C=O) groups is 1. The summed E-state index contributed by atoms with van der Waals surface area (Å²) in [6.07, 6.45) is 4.44. The summed E-state index contributed by atoms with van der Waals surface area (Å²) < 4.78 is 35.2. The van der Waals surface area contributed by atoms with E-state index < -0.39 is 10.2 Å². The van der Waals surface area contributed by atoms with E-state index in [9.17, 15) is 13.2 Å². The summed E-state index contributed by atoms with van der Waals surface area (Å²) in [5, 5.41) is 0. The smallest absolute Gasteiger partial charge is 0.345 e. The second-order valence-electron chi connectivity index (χ2n) is 7.02. The maximum Gasteiger partial charge on any atom is 0.345 e. The van der Waals surface area contributed by atoms with Crippen LogP contribution in [0, 0.1) is 0 Å². The van der Waals surface area contributed by atoms with Crippen molar-refractivity contribution < 1.29 is 17.9 Å². The molecule has 2 unspecified atom stereocenters. The van der Waals surface area contributed by atoms with Gasteiger partial charge in [-0.25, -0.2) is 4.31 Å². The molecule has 1 amide bonds. The fourth-order valence-electron chi connectivity index (χ4n) is 3.63. The number of likely N-dealkylation sites (N-methyl/N-ethyl adjacent to an activating group) is 1. The number of hydrogen-bond acceptors (Lipinski definition) is 4. The van der Waals surface area contributed by atoms with Crippen LogP contribution < -0.4 is 4.74 Å². The molecule has 0 spiro atoms. The Morgan fingerprint density at radius 3 is 2.52 bits per heavy atom. The fraction of sp³-hybridized carbons (Fsp3) is 0.474. The third-order valence-corrected chi connectivity index (χ3v) is 6.50. The van der Waals surface area contributed by atoms with Crippen LogP contribution >= 0.6 is 0 Å². The Hall–Kier alpha value is -2.35. The number of nitrogens with zero attached hydrogens (tertiary/aromatic N) is 3. The Kier molecular flexibility index (Phi) is 5.28. The molecule has 2 atom stereocenters. The maximum absolute atomic E-state index is 13.2. The highest BCUT2D eigenvalue weighted by atomic mass is 32.2. The van der Waals surface area contributed by atoms with Crippen LogP contribution in [0.1, 0.15) is 38.7 Å². The first kappa shape index (κ1) is 19.4. The third-order valence-electron chi connectivity index (χ3n) is 5.19. The van der Waals surface area contributed by atoms with E-state index in [1.165, 1.54) is 14.2 Å². The van der Waals surface area contributed by atoms with Gasteiger partial charge in [0, 0.05) is 24.7 Å². The lowest BCUT2D eigenvalue weighted by Crippen LogP contribution is -2.50. The number of carbonyl (C=O) groups excluding carboxylic acids is 1. The second-order valence-corrected chi connectivity index (χ2v) is 8.65. The molecule has 2 aliphatic heterocycles. The Bertz CT molecular complexity index is 897. The van der Waals surface area contributed by atoms with Crippen molar-refractivity contribution >= 4 is 21.8 Å². The van der Waals surface area contributed by atoms with Crippen molar-refractivity contribution in [2.45, 2.75) is 45.2 Å². The molecule has 0 saturated carbocycles. The van der Waals surface area contributed by atoms with E-state index in [0.717, 1.165) is 23.6 Å². The van der Waals surface area contributed by atoms with Crippen molar-refractivity contribution in [2.24, 2.45) is 4.40 Å². The van der Waals surface area contributed by atoms with E-state index in [-0.39, 0.29) is 29.4 Å². The van der Waals surface area contributed by atoms with Crippen molar-refractivity contribution in [1.29, 1.82) is 0 Å². The maximum atomic E-state index is 13.2. The van der Waals surface area contributed by atoms with E-state index in [2.05, 4.69) is 4.40 Å². The van der Waals surface area contributed by atoms with E-state index in [1.807, 2.05) is 13.8 Å². The summed E-state index contributed by atoms with van der Waals surface area (Å²) in [7, 11) is -1.08. The van der Waals surface area contributed by atoms with Crippen molar-refractivity contribution in [3.63, 3.8) is 0 Å². The number of allylic oxidation sites excluding steroid dienone is 1. The molecule has 8 heteroatoms. The standard InChI is InChI=1S/C19H25N3O4S/c1-13-7-5-8-14(2)22(13)19(23)18-12-17(20-27(24,25)21(18)3)15-9-6-10-16(11-15)26-4/h6,9-14H,5,7-8H2,1-4H3. The molecule has 2 heterocycles. The number of piperidine rings is 1. The highest BCUT2D eigenvalue weighted by molar-refractivity contribution is 7.88. The van der Waals surface area contributed by atoms with Gasteiger partial charge in [0.1, 0.15) is 11.4 Å². The first-order valence-corrected chi connectivity index (χ1v) is 10.4. The van der Waals surface area contributed by atoms with Crippen molar-refractivity contribution in [2.75, 3.05) is 14.2 Å². The predicted octanol–water partition coefficient (Wildman–Crippen LogP) is 2.35. The van der Waals surface area contributed by atoms with Crippen molar-refractivity contribution in [1.82, 2.24) is 9.21 Å². The molecule has 1 fully saturated rings. The summed E-state index contributed by atoms with van der Waals surface area (Å²) in [5.41, 5.74) is 0.923. The lowest BCUT2D eigenvalue weighted by molar-refractivity contribution is -0.134. The molecule has 0 N–H and O–H groups in total. The molecule has 1 aromatic rings. The number of benzene rings is 1. The van der Waals surface area contributed by atoms with Crippen LogP contribution in [0.15, 0.2) is 40.4 Å². The molecule has 146 valence electrons. The van der Waals surface area contributed by atoms with Gasteiger partial charge in [0.15, 0.2) is 0 Å². The Balaban J connectivity index is 2.04. The molecule has 0 radical (unpaired) electrons. The van der Waals surface area contributed by atoms with E-state index in [0.29, 0.717) is 11.3 Å². The fourth-order valence-corrected chi connectivity index (χ4v) is 4.53. The van der Waals surface area contributed by atoms with Gasteiger partial charge in [-0.2, -0.15) is 8.42 Å². The third kappa shape index (κ3) is 3.71. The van der Waals surface area contributed by atoms with Gasteiger partial charge in [-0.15, -0.1) is 4.40 Å². The summed E-state index contributed by atoms with van der Waals surface area (Å²) in [4.78, 5) is 15.0. The highest BCUT2D eigenvalue weighted by Gasteiger charge is 2.36. The molecular formula is C19H25N3O4S. The van der Waals surface area contributed by atoms with Gasteiger partial charge >= 0.3 is 10.2 Å². The Labute approximate surface area is 160 Å². The topological polar surface area (TPSA) is 79.3 Å². The molecular weight excluding hydrogens is 366 g/mol. The number of likely N-dealkylation sites (tertiary alicyclic amines) is 1. The first-order valence-electron chi connectivity index (χ1n) is 9.02. The second kappa shape index (κ2) is 7.34. The minimum Gasteiger partial charge on any atom is -0.497 e. The highest BCUT2D eigenvalue weighted by Crippen LogP contribution is 2.28. The SMILES string of the molecule is COc1cccc(C2=NS(=O)(=O)N(C)C(C(=O)N3C(C)CCCC3C)=C2)c1. The van der Waals surface area contributed by atoms with Gasteiger partial charge in [0.05, 0.1) is 12.8 Å². The van der Waals surface area contributed by atoms with Crippen LogP contribution in [-0.4, -0.2) is 55.5 Å². The molecule has 0 bridgehead atoms. The average Bonchev–Trinajstić information content (AvgIpc) is 2.63. The zero-order chi connectivity index (χ0) is 19.8. The molecule has 27 heavy (non-hydrogen) atoms. The van der Waals surface area contributed by atoms with Gasteiger partial charge in [-0.3, -0.25) is 4.79 Å². The van der Waals surface area contributed by atoms with Gasteiger partial charge in [-0.1, -0.05) is 12.1 Å².